The summed E-state index contributed by atoms with van der Waals surface area (Å²) >= 11 is 1.30. The van der Waals surface area contributed by atoms with E-state index in [2.05, 4.69) is 9.97 Å². The molecule has 19 heavy (non-hydrogen) atoms. The topological polar surface area (TPSA) is 56.0 Å². The maximum atomic E-state index is 12.4. The Hall–Kier alpha value is -2.27. The molecule has 0 bridgehead atoms. The number of rotatable bonds is 3. The van der Waals surface area contributed by atoms with Crippen molar-refractivity contribution < 1.29 is 9.21 Å². The van der Waals surface area contributed by atoms with Gasteiger partial charge >= 0.3 is 0 Å². The van der Waals surface area contributed by atoms with Gasteiger partial charge in [-0.25, -0.2) is 9.97 Å². The van der Waals surface area contributed by atoms with Crippen LogP contribution in [0.5, 0.6) is 0 Å². The Bertz CT molecular complexity index is 717. The lowest BCUT2D eigenvalue weighted by Crippen LogP contribution is -2.04. The number of hydrogen-bond donors (Lipinski definition) is 0. The highest BCUT2D eigenvalue weighted by Crippen LogP contribution is 2.27. The predicted molar refractivity (Wildman–Crippen MR) is 72.2 cm³/mol. The normalized spacial score (nSPS) is 10.6. The number of thiazole rings is 1. The van der Waals surface area contributed by atoms with E-state index in [1.54, 1.807) is 30.0 Å². The smallest absolute Gasteiger partial charge is 0.223 e. The molecule has 0 fully saturated rings. The predicted octanol–water partition coefficient (Wildman–Crippen LogP) is 3.34. The number of nitrogens with zero attached hydrogens (tertiary/aromatic N) is 2. The van der Waals surface area contributed by atoms with Gasteiger partial charge in [0.2, 0.25) is 5.78 Å². The van der Waals surface area contributed by atoms with Crippen LogP contribution in [0.4, 0.5) is 0 Å². The van der Waals surface area contributed by atoms with E-state index in [1.165, 1.54) is 11.3 Å². The molecule has 0 aromatic carbocycles. The number of carbonyl (C=O) groups excluding carboxylic acids is 1. The third kappa shape index (κ3) is 2.20. The van der Waals surface area contributed by atoms with Crippen LogP contribution in [0.3, 0.4) is 0 Å². The molecule has 3 heterocycles. The summed E-state index contributed by atoms with van der Waals surface area (Å²) < 4.78 is 5.30. The minimum absolute atomic E-state index is 0.127. The molecular weight excluding hydrogens is 260 g/mol. The second-order valence-electron chi connectivity index (χ2n) is 4.00. The number of aromatic nitrogens is 2. The largest absolute Gasteiger partial charge is 0.463 e. The van der Waals surface area contributed by atoms with Crippen LogP contribution in [-0.2, 0) is 0 Å². The van der Waals surface area contributed by atoms with Gasteiger partial charge in [-0.15, -0.1) is 11.3 Å². The number of ketones is 1. The molecule has 3 aromatic rings. The van der Waals surface area contributed by atoms with E-state index in [9.17, 15) is 4.79 Å². The van der Waals surface area contributed by atoms with Crippen molar-refractivity contribution >= 4 is 17.1 Å². The molecule has 94 valence electrons. The third-order valence-corrected chi connectivity index (χ3v) is 3.47. The highest BCUT2D eigenvalue weighted by atomic mass is 32.1. The van der Waals surface area contributed by atoms with Gasteiger partial charge in [-0.05, 0) is 31.2 Å². The van der Waals surface area contributed by atoms with E-state index >= 15 is 0 Å². The highest BCUT2D eigenvalue weighted by Gasteiger charge is 2.20. The molecule has 3 aromatic heterocycles. The zero-order chi connectivity index (χ0) is 13.2. The molecular formula is C14H10N2O2S. The van der Waals surface area contributed by atoms with E-state index in [1.807, 2.05) is 19.1 Å². The van der Waals surface area contributed by atoms with E-state index in [-0.39, 0.29) is 5.78 Å². The number of pyridine rings is 1. The lowest BCUT2D eigenvalue weighted by atomic mass is 10.1. The van der Waals surface area contributed by atoms with Crippen molar-refractivity contribution in [2.75, 3.05) is 0 Å². The van der Waals surface area contributed by atoms with Crippen LogP contribution in [0.25, 0.3) is 11.5 Å². The SMILES string of the molecule is Cc1cccc(C(=O)c2scnc2-c2ccco2)n1. The molecule has 4 nitrogen and oxygen atoms in total. The van der Waals surface area contributed by atoms with Crippen LogP contribution in [-0.4, -0.2) is 15.8 Å². The van der Waals surface area contributed by atoms with Gasteiger partial charge in [-0.1, -0.05) is 6.07 Å². The second kappa shape index (κ2) is 4.78. The fourth-order valence-corrected chi connectivity index (χ4v) is 2.52. The molecule has 0 spiro atoms. The Balaban J connectivity index is 2.04. The van der Waals surface area contributed by atoms with Crippen LogP contribution >= 0.6 is 11.3 Å². The molecule has 0 aliphatic heterocycles. The molecule has 0 saturated heterocycles. The second-order valence-corrected chi connectivity index (χ2v) is 4.86. The van der Waals surface area contributed by atoms with Crippen molar-refractivity contribution in [3.8, 4) is 11.5 Å². The Morgan fingerprint density at radius 1 is 1.26 bits per heavy atom. The molecule has 0 N–H and O–H groups in total. The van der Waals surface area contributed by atoms with Gasteiger partial charge in [0.25, 0.3) is 0 Å². The number of carbonyl (C=O) groups is 1. The molecule has 0 aliphatic carbocycles. The van der Waals surface area contributed by atoms with E-state index in [0.29, 0.717) is 22.0 Å². The fraction of sp³-hybridized carbons (Fsp3) is 0.0714. The minimum Gasteiger partial charge on any atom is -0.463 e. The molecule has 3 rings (SSSR count). The van der Waals surface area contributed by atoms with Gasteiger partial charge in [-0.3, -0.25) is 4.79 Å². The number of furan rings is 1. The van der Waals surface area contributed by atoms with Crippen LogP contribution in [0.2, 0.25) is 0 Å². The molecule has 0 saturated carbocycles. The van der Waals surface area contributed by atoms with Gasteiger partial charge in [0.15, 0.2) is 5.76 Å². The van der Waals surface area contributed by atoms with Crippen LogP contribution in [0, 0.1) is 6.92 Å². The Labute approximate surface area is 113 Å². The van der Waals surface area contributed by atoms with Crippen molar-refractivity contribution in [3.05, 3.63) is 58.4 Å². The lowest BCUT2D eigenvalue weighted by molar-refractivity contribution is 0.103. The summed E-state index contributed by atoms with van der Waals surface area (Å²) in [6.45, 7) is 1.86. The van der Waals surface area contributed by atoms with Crippen molar-refractivity contribution in [1.82, 2.24) is 9.97 Å². The van der Waals surface area contributed by atoms with E-state index in [4.69, 9.17) is 4.42 Å². The standard InChI is InChI=1S/C14H10N2O2S/c1-9-4-2-5-10(16-9)13(17)14-12(15-8-19-14)11-6-3-7-18-11/h2-8H,1H3. The van der Waals surface area contributed by atoms with Gasteiger partial charge < -0.3 is 4.42 Å². The van der Waals surface area contributed by atoms with Crippen LogP contribution in [0.1, 0.15) is 21.1 Å². The van der Waals surface area contributed by atoms with Gasteiger partial charge in [0.1, 0.15) is 16.3 Å². The monoisotopic (exact) mass is 270 g/mol. The van der Waals surface area contributed by atoms with E-state index < -0.39 is 0 Å². The molecule has 0 atom stereocenters. The minimum atomic E-state index is -0.127. The van der Waals surface area contributed by atoms with Crippen molar-refractivity contribution in [2.45, 2.75) is 6.92 Å². The van der Waals surface area contributed by atoms with Crippen molar-refractivity contribution in [2.24, 2.45) is 0 Å². The average Bonchev–Trinajstić information content (AvgIpc) is 3.08. The Morgan fingerprint density at radius 2 is 2.16 bits per heavy atom. The summed E-state index contributed by atoms with van der Waals surface area (Å²) in [6.07, 6.45) is 1.56. The first kappa shape index (κ1) is 11.8. The molecule has 0 aliphatic rings. The average molecular weight is 270 g/mol. The summed E-state index contributed by atoms with van der Waals surface area (Å²) in [5.41, 5.74) is 3.45. The van der Waals surface area contributed by atoms with Gasteiger partial charge in [-0.2, -0.15) is 0 Å². The van der Waals surface area contributed by atoms with Crippen molar-refractivity contribution in [1.29, 1.82) is 0 Å². The molecule has 0 radical (unpaired) electrons. The van der Waals surface area contributed by atoms with Crippen molar-refractivity contribution in [3.63, 3.8) is 0 Å². The maximum Gasteiger partial charge on any atom is 0.223 e. The summed E-state index contributed by atoms with van der Waals surface area (Å²) in [4.78, 5) is 21.4. The molecule has 5 heteroatoms. The highest BCUT2D eigenvalue weighted by molar-refractivity contribution is 7.12. The molecule has 0 amide bonds. The number of aryl methyl sites for hydroxylation is 1. The van der Waals surface area contributed by atoms with Crippen LogP contribution in [0.15, 0.2) is 46.5 Å². The number of hydrogen-bond acceptors (Lipinski definition) is 5. The third-order valence-electron chi connectivity index (χ3n) is 2.65. The summed E-state index contributed by atoms with van der Waals surface area (Å²) in [7, 11) is 0. The van der Waals surface area contributed by atoms with Gasteiger partial charge in [0, 0.05) is 5.69 Å². The maximum absolute atomic E-state index is 12.4. The molecule has 0 unspecified atom stereocenters. The summed E-state index contributed by atoms with van der Waals surface area (Å²) in [5.74, 6) is 0.467. The fourth-order valence-electron chi connectivity index (χ4n) is 1.78. The summed E-state index contributed by atoms with van der Waals surface area (Å²) in [5, 5.41) is 0. The zero-order valence-electron chi connectivity index (χ0n) is 10.2. The van der Waals surface area contributed by atoms with E-state index in [0.717, 1.165) is 5.69 Å². The van der Waals surface area contributed by atoms with Gasteiger partial charge in [0.05, 0.1) is 11.8 Å². The zero-order valence-corrected chi connectivity index (χ0v) is 11.0. The first-order chi connectivity index (χ1) is 9.25. The lowest BCUT2D eigenvalue weighted by Gasteiger charge is -2.00. The Kier molecular flexibility index (Phi) is 2.97. The first-order valence-electron chi connectivity index (χ1n) is 5.71. The quantitative estimate of drug-likeness (QED) is 0.685. The van der Waals surface area contributed by atoms with Crippen LogP contribution < -0.4 is 0 Å². The first-order valence-corrected chi connectivity index (χ1v) is 6.59. The Morgan fingerprint density at radius 3 is 2.89 bits per heavy atom. The summed E-state index contributed by atoms with van der Waals surface area (Å²) in [6, 6.07) is 8.95.